The van der Waals surface area contributed by atoms with Gasteiger partial charge in [-0.1, -0.05) is 30.3 Å². The van der Waals surface area contributed by atoms with Crippen molar-refractivity contribution in [1.82, 2.24) is 10.3 Å². The number of hydrogen-bond acceptors (Lipinski definition) is 4. The maximum Gasteiger partial charge on any atom is 0.253 e. The lowest BCUT2D eigenvalue weighted by molar-refractivity contribution is -0.111. The number of carbonyl (C=O) groups excluding carboxylic acids is 2. The quantitative estimate of drug-likeness (QED) is 0.606. The second-order valence-electron chi connectivity index (χ2n) is 6.15. The lowest BCUT2D eigenvalue weighted by Gasteiger charge is -2.10. The van der Waals surface area contributed by atoms with E-state index in [9.17, 15) is 9.59 Å². The van der Waals surface area contributed by atoms with E-state index in [4.69, 9.17) is 4.74 Å². The molecule has 1 heterocycles. The first-order valence-electron chi connectivity index (χ1n) is 9.06. The van der Waals surface area contributed by atoms with E-state index in [1.54, 1.807) is 43.6 Å². The molecule has 0 aliphatic heterocycles. The van der Waals surface area contributed by atoms with Crippen LogP contribution in [0.1, 0.15) is 21.6 Å². The number of benzene rings is 2. The maximum atomic E-state index is 12.5. The zero-order valence-electron chi connectivity index (χ0n) is 16.0. The molecule has 0 unspecified atom stereocenters. The first-order chi connectivity index (χ1) is 14.2. The number of pyridine rings is 1. The predicted molar refractivity (Wildman–Crippen MR) is 113 cm³/mol. The zero-order chi connectivity index (χ0) is 20.5. The van der Waals surface area contributed by atoms with Gasteiger partial charge in [0, 0.05) is 12.3 Å². The lowest BCUT2D eigenvalue weighted by Crippen LogP contribution is -2.25. The van der Waals surface area contributed by atoms with Crippen molar-refractivity contribution in [2.24, 2.45) is 0 Å². The molecule has 0 spiro atoms. The van der Waals surface area contributed by atoms with Crippen molar-refractivity contribution in [2.75, 3.05) is 12.4 Å². The van der Waals surface area contributed by atoms with Gasteiger partial charge in [0.25, 0.3) is 5.91 Å². The lowest BCUT2D eigenvalue weighted by atomic mass is 10.1. The Balaban J connectivity index is 1.63. The van der Waals surface area contributed by atoms with Crippen LogP contribution in [0.5, 0.6) is 5.75 Å². The molecule has 0 saturated heterocycles. The molecule has 0 fully saturated rings. The molecule has 2 aromatic carbocycles. The summed E-state index contributed by atoms with van der Waals surface area (Å²) < 4.78 is 5.11. The fourth-order valence-electron chi connectivity index (χ4n) is 2.62. The molecule has 0 atom stereocenters. The van der Waals surface area contributed by atoms with Crippen molar-refractivity contribution in [3.05, 3.63) is 95.8 Å². The number of rotatable bonds is 7. The molecular formula is C23H21N3O3. The van der Waals surface area contributed by atoms with Crippen LogP contribution in [0.25, 0.3) is 6.08 Å². The van der Waals surface area contributed by atoms with E-state index in [1.165, 1.54) is 6.08 Å². The Hall–Kier alpha value is -3.93. The number of hydrogen-bond donors (Lipinski definition) is 2. The summed E-state index contributed by atoms with van der Waals surface area (Å²) in [7, 11) is 1.60. The Bertz CT molecular complexity index is 999. The Kier molecular flexibility index (Phi) is 6.73. The molecule has 1 aromatic heterocycles. The second kappa shape index (κ2) is 9.85. The molecule has 0 radical (unpaired) electrons. The highest BCUT2D eigenvalue weighted by molar-refractivity contribution is 6.07. The van der Waals surface area contributed by atoms with Gasteiger partial charge in [-0.25, -0.2) is 0 Å². The molecule has 6 heteroatoms. The fraction of sp³-hybridized carbons (Fsp3) is 0.0870. The van der Waals surface area contributed by atoms with Crippen LogP contribution in [0.15, 0.2) is 79.0 Å². The fourth-order valence-corrected chi connectivity index (χ4v) is 2.62. The van der Waals surface area contributed by atoms with Crippen molar-refractivity contribution in [3.8, 4) is 5.75 Å². The maximum absolute atomic E-state index is 12.5. The van der Waals surface area contributed by atoms with Crippen LogP contribution in [0.3, 0.4) is 0 Å². The highest BCUT2D eigenvalue weighted by Gasteiger charge is 2.12. The average Bonchev–Trinajstić information content (AvgIpc) is 2.77. The minimum Gasteiger partial charge on any atom is -0.497 e. The number of amides is 2. The van der Waals surface area contributed by atoms with Crippen molar-refractivity contribution in [2.45, 2.75) is 6.54 Å². The van der Waals surface area contributed by atoms with E-state index in [0.29, 0.717) is 17.8 Å². The van der Waals surface area contributed by atoms with Crippen molar-refractivity contribution < 1.29 is 14.3 Å². The zero-order valence-corrected chi connectivity index (χ0v) is 16.0. The number of nitrogens with zero attached hydrogens (tertiary/aromatic N) is 1. The van der Waals surface area contributed by atoms with Gasteiger partial charge in [0.2, 0.25) is 5.91 Å². The van der Waals surface area contributed by atoms with Crippen LogP contribution in [0.2, 0.25) is 0 Å². The molecule has 2 amide bonds. The van der Waals surface area contributed by atoms with Gasteiger partial charge in [0.1, 0.15) is 5.75 Å². The van der Waals surface area contributed by atoms with E-state index < -0.39 is 0 Å². The minimum absolute atomic E-state index is 0.286. The molecule has 6 nitrogen and oxygen atoms in total. The number of para-hydroxylation sites is 1. The summed E-state index contributed by atoms with van der Waals surface area (Å²) in [5.41, 5.74) is 2.44. The third-order valence-electron chi connectivity index (χ3n) is 4.13. The highest BCUT2D eigenvalue weighted by Crippen LogP contribution is 2.16. The highest BCUT2D eigenvalue weighted by atomic mass is 16.5. The monoisotopic (exact) mass is 387 g/mol. The van der Waals surface area contributed by atoms with Crippen LogP contribution in [-0.4, -0.2) is 23.9 Å². The summed E-state index contributed by atoms with van der Waals surface area (Å²) in [6.07, 6.45) is 4.79. The Morgan fingerprint density at radius 3 is 2.48 bits per heavy atom. The molecular weight excluding hydrogens is 366 g/mol. The van der Waals surface area contributed by atoms with E-state index in [-0.39, 0.29) is 11.8 Å². The number of aromatic nitrogens is 1. The Labute approximate surface area is 169 Å². The topological polar surface area (TPSA) is 80.3 Å². The standard InChI is InChI=1S/C23H21N3O3/c1-29-19-12-9-17(10-13-19)11-14-22(27)26-21-8-3-2-7-20(21)23(28)25-16-18-6-4-5-15-24-18/h2-15H,16H2,1H3,(H,25,28)(H,26,27)/b14-11+. The Morgan fingerprint density at radius 1 is 1.00 bits per heavy atom. The van der Waals surface area contributed by atoms with Gasteiger partial charge in [-0.05, 0) is 48.0 Å². The molecule has 0 aliphatic carbocycles. The normalized spacial score (nSPS) is 10.5. The summed E-state index contributed by atoms with van der Waals surface area (Å²) in [5, 5.41) is 5.57. The van der Waals surface area contributed by atoms with Crippen molar-refractivity contribution in [1.29, 1.82) is 0 Å². The third kappa shape index (κ3) is 5.77. The summed E-state index contributed by atoms with van der Waals surface area (Å²) in [4.78, 5) is 29.0. The van der Waals surface area contributed by atoms with Gasteiger partial charge in [0.15, 0.2) is 0 Å². The first-order valence-corrected chi connectivity index (χ1v) is 9.06. The van der Waals surface area contributed by atoms with Crippen LogP contribution in [0, 0.1) is 0 Å². The van der Waals surface area contributed by atoms with Gasteiger partial charge in [-0.2, -0.15) is 0 Å². The molecule has 2 N–H and O–H groups in total. The van der Waals surface area contributed by atoms with E-state index in [2.05, 4.69) is 15.6 Å². The summed E-state index contributed by atoms with van der Waals surface area (Å²) >= 11 is 0. The molecule has 29 heavy (non-hydrogen) atoms. The number of methoxy groups -OCH3 is 1. The third-order valence-corrected chi connectivity index (χ3v) is 4.13. The number of nitrogens with one attached hydrogen (secondary N) is 2. The minimum atomic E-state index is -0.328. The largest absolute Gasteiger partial charge is 0.497 e. The Morgan fingerprint density at radius 2 is 1.76 bits per heavy atom. The molecule has 3 aromatic rings. The predicted octanol–water partition coefficient (Wildman–Crippen LogP) is 3.67. The molecule has 0 saturated carbocycles. The van der Waals surface area contributed by atoms with Crippen LogP contribution < -0.4 is 15.4 Å². The SMILES string of the molecule is COc1ccc(/C=C/C(=O)Nc2ccccc2C(=O)NCc2ccccn2)cc1. The van der Waals surface area contributed by atoms with E-state index in [0.717, 1.165) is 17.0 Å². The summed E-state index contributed by atoms with van der Waals surface area (Å²) in [5.74, 6) is 0.133. The van der Waals surface area contributed by atoms with Gasteiger partial charge in [-0.15, -0.1) is 0 Å². The first kappa shape index (κ1) is 19.8. The number of anilines is 1. The van der Waals surface area contributed by atoms with E-state index >= 15 is 0 Å². The van der Waals surface area contributed by atoms with Gasteiger partial charge in [-0.3, -0.25) is 14.6 Å². The van der Waals surface area contributed by atoms with Gasteiger partial charge < -0.3 is 15.4 Å². The molecule has 3 rings (SSSR count). The number of carbonyl (C=O) groups is 2. The molecule has 146 valence electrons. The van der Waals surface area contributed by atoms with Gasteiger partial charge >= 0.3 is 0 Å². The molecule has 0 aliphatic rings. The van der Waals surface area contributed by atoms with Crippen LogP contribution in [-0.2, 0) is 11.3 Å². The summed E-state index contributed by atoms with van der Waals surface area (Å²) in [6.45, 7) is 0.305. The van der Waals surface area contributed by atoms with Crippen LogP contribution in [0.4, 0.5) is 5.69 Å². The van der Waals surface area contributed by atoms with Gasteiger partial charge in [0.05, 0.1) is 30.6 Å². The average molecular weight is 387 g/mol. The van der Waals surface area contributed by atoms with E-state index in [1.807, 2.05) is 42.5 Å². The van der Waals surface area contributed by atoms with Crippen molar-refractivity contribution in [3.63, 3.8) is 0 Å². The smallest absolute Gasteiger partial charge is 0.253 e. The summed E-state index contributed by atoms with van der Waals surface area (Å²) in [6, 6.07) is 19.7. The second-order valence-corrected chi connectivity index (χ2v) is 6.15. The molecule has 0 bridgehead atoms. The van der Waals surface area contributed by atoms with Crippen LogP contribution >= 0.6 is 0 Å². The number of ether oxygens (including phenoxy) is 1. The van der Waals surface area contributed by atoms with Crippen molar-refractivity contribution >= 4 is 23.6 Å².